The van der Waals surface area contributed by atoms with Gasteiger partial charge in [0.2, 0.25) is 0 Å². The number of aromatic nitrogens is 1. The Kier molecular flexibility index (Phi) is 2.97. The van der Waals surface area contributed by atoms with Crippen LogP contribution in [-0.2, 0) is 6.42 Å². The van der Waals surface area contributed by atoms with Crippen LogP contribution in [-0.4, -0.2) is 11.0 Å². The average Bonchev–Trinajstić information content (AvgIpc) is 2.95. The Bertz CT molecular complexity index is 856. The third-order valence-corrected chi connectivity index (χ3v) is 3.93. The van der Waals surface area contributed by atoms with Crippen LogP contribution < -0.4 is 4.74 Å². The van der Waals surface area contributed by atoms with Crippen molar-refractivity contribution in [2.24, 2.45) is 0 Å². The minimum atomic E-state index is -0.355. The zero-order valence-corrected chi connectivity index (χ0v) is 11.8. The number of benzene rings is 2. The summed E-state index contributed by atoms with van der Waals surface area (Å²) in [5, 5.41) is 0. The number of rotatable bonds is 2. The van der Waals surface area contributed by atoms with E-state index in [1.807, 2.05) is 24.3 Å². The molecule has 0 saturated carbocycles. The number of carbonyl (C=O) groups excluding carboxylic acids is 1. The predicted molar refractivity (Wildman–Crippen MR) is 83.9 cm³/mol. The van der Waals surface area contributed by atoms with Crippen LogP contribution in [0, 0.1) is 0 Å². The van der Waals surface area contributed by atoms with E-state index in [1.54, 1.807) is 24.5 Å². The van der Waals surface area contributed by atoms with E-state index in [9.17, 15) is 4.79 Å². The molecule has 22 heavy (non-hydrogen) atoms. The number of carbonyl (C=O) groups is 1. The van der Waals surface area contributed by atoms with E-state index in [-0.39, 0.29) is 5.97 Å². The Balaban J connectivity index is 1.70. The number of ether oxygens (including phenoxy) is 1. The summed E-state index contributed by atoms with van der Waals surface area (Å²) in [5.74, 6) is 0.280. The quantitative estimate of drug-likeness (QED) is 0.415. The van der Waals surface area contributed by atoms with Crippen LogP contribution in [0.25, 0.3) is 11.1 Å². The number of nitrogens with zero attached hydrogens (tertiary/aromatic N) is 1. The lowest BCUT2D eigenvalue weighted by atomic mass is 10.1. The molecule has 1 heterocycles. The first-order valence-electron chi connectivity index (χ1n) is 7.15. The van der Waals surface area contributed by atoms with Gasteiger partial charge in [0.1, 0.15) is 5.75 Å². The maximum atomic E-state index is 12.2. The van der Waals surface area contributed by atoms with E-state index in [4.69, 9.17) is 4.74 Å². The summed E-state index contributed by atoms with van der Waals surface area (Å²) in [7, 11) is 0. The van der Waals surface area contributed by atoms with Gasteiger partial charge >= 0.3 is 5.97 Å². The monoisotopic (exact) mass is 287 g/mol. The second-order valence-electron chi connectivity index (χ2n) is 5.24. The van der Waals surface area contributed by atoms with Gasteiger partial charge in [0.15, 0.2) is 0 Å². The summed E-state index contributed by atoms with van der Waals surface area (Å²) in [4.78, 5) is 16.1. The van der Waals surface area contributed by atoms with E-state index < -0.39 is 0 Å². The highest BCUT2D eigenvalue weighted by atomic mass is 16.5. The topological polar surface area (TPSA) is 39.2 Å². The average molecular weight is 287 g/mol. The maximum absolute atomic E-state index is 12.2. The lowest BCUT2D eigenvalue weighted by molar-refractivity contribution is 0.0733. The van der Waals surface area contributed by atoms with Gasteiger partial charge in [-0.2, -0.15) is 0 Å². The molecule has 0 unspecified atom stereocenters. The maximum Gasteiger partial charge on any atom is 0.343 e. The second kappa shape index (κ2) is 5.11. The minimum absolute atomic E-state index is 0.355. The fourth-order valence-electron chi connectivity index (χ4n) is 2.87. The number of fused-ring (bicyclic) bond motifs is 3. The van der Waals surface area contributed by atoms with E-state index in [2.05, 4.69) is 23.2 Å². The summed E-state index contributed by atoms with van der Waals surface area (Å²) in [5.41, 5.74) is 5.22. The van der Waals surface area contributed by atoms with Gasteiger partial charge in [-0.15, -0.1) is 0 Å². The van der Waals surface area contributed by atoms with E-state index >= 15 is 0 Å². The van der Waals surface area contributed by atoms with Crippen molar-refractivity contribution < 1.29 is 9.53 Å². The number of hydrogen-bond acceptors (Lipinski definition) is 3. The van der Waals surface area contributed by atoms with E-state index in [0.717, 1.165) is 17.5 Å². The molecule has 0 radical (unpaired) electrons. The van der Waals surface area contributed by atoms with Crippen LogP contribution in [0.3, 0.4) is 0 Å². The molecule has 0 aliphatic heterocycles. The van der Waals surface area contributed by atoms with Crippen LogP contribution >= 0.6 is 0 Å². The molecule has 1 aliphatic rings. The fourth-order valence-corrected chi connectivity index (χ4v) is 2.87. The predicted octanol–water partition coefficient (Wildman–Crippen LogP) is 3.87. The van der Waals surface area contributed by atoms with Gasteiger partial charge in [0.05, 0.1) is 5.56 Å². The van der Waals surface area contributed by atoms with Crippen LogP contribution in [0.1, 0.15) is 21.5 Å². The largest absolute Gasteiger partial charge is 0.423 e. The molecule has 1 aromatic heterocycles. The molecule has 0 atom stereocenters. The number of pyridine rings is 1. The molecule has 1 aliphatic carbocycles. The Morgan fingerprint density at radius 3 is 2.55 bits per heavy atom. The first kappa shape index (κ1) is 12.8. The Morgan fingerprint density at radius 2 is 1.68 bits per heavy atom. The summed E-state index contributed by atoms with van der Waals surface area (Å²) in [6.45, 7) is 0. The minimum Gasteiger partial charge on any atom is -0.423 e. The molecule has 0 amide bonds. The second-order valence-corrected chi connectivity index (χ2v) is 5.24. The molecule has 4 rings (SSSR count). The van der Waals surface area contributed by atoms with Crippen LogP contribution in [0.4, 0.5) is 0 Å². The first-order chi connectivity index (χ1) is 10.8. The zero-order valence-electron chi connectivity index (χ0n) is 11.8. The van der Waals surface area contributed by atoms with Gasteiger partial charge in [-0.1, -0.05) is 36.4 Å². The smallest absolute Gasteiger partial charge is 0.343 e. The lowest BCUT2D eigenvalue weighted by Gasteiger charge is -2.09. The van der Waals surface area contributed by atoms with E-state index in [0.29, 0.717) is 11.3 Å². The summed E-state index contributed by atoms with van der Waals surface area (Å²) < 4.78 is 5.61. The molecule has 0 saturated heterocycles. The van der Waals surface area contributed by atoms with Gasteiger partial charge in [-0.05, 0) is 34.9 Å². The SMILES string of the molecule is O=C(Oc1cccc2c1Cc1ccccc1-2)c1ccncc1. The van der Waals surface area contributed by atoms with Crippen molar-refractivity contribution in [1.82, 2.24) is 4.98 Å². The summed E-state index contributed by atoms with van der Waals surface area (Å²) in [6, 6.07) is 17.4. The van der Waals surface area contributed by atoms with Gasteiger partial charge in [0, 0.05) is 24.4 Å². The lowest BCUT2D eigenvalue weighted by Crippen LogP contribution is -2.09. The zero-order chi connectivity index (χ0) is 14.9. The third-order valence-electron chi connectivity index (χ3n) is 3.93. The standard InChI is InChI=1S/C19H13NO2/c21-19(13-8-10-20-11-9-13)22-18-7-3-6-16-15-5-2-1-4-14(15)12-17(16)18/h1-11H,12H2. The molecule has 3 nitrogen and oxygen atoms in total. The molecule has 106 valence electrons. The molecule has 0 spiro atoms. The van der Waals surface area contributed by atoms with Gasteiger partial charge in [-0.3, -0.25) is 4.98 Å². The van der Waals surface area contributed by atoms with Crippen LogP contribution in [0.5, 0.6) is 5.75 Å². The first-order valence-corrected chi connectivity index (χ1v) is 7.15. The Labute approximate surface area is 128 Å². The van der Waals surface area contributed by atoms with Crippen molar-refractivity contribution >= 4 is 5.97 Å². The van der Waals surface area contributed by atoms with Gasteiger partial charge in [-0.25, -0.2) is 4.79 Å². The highest BCUT2D eigenvalue weighted by Gasteiger charge is 2.22. The molecule has 0 N–H and O–H groups in total. The van der Waals surface area contributed by atoms with Crippen molar-refractivity contribution in [3.63, 3.8) is 0 Å². The van der Waals surface area contributed by atoms with Crippen LogP contribution in [0.2, 0.25) is 0 Å². The molecule has 2 aromatic carbocycles. The molecule has 0 fully saturated rings. The van der Waals surface area contributed by atoms with Crippen LogP contribution in [0.15, 0.2) is 67.0 Å². The Hall–Kier alpha value is -2.94. The third kappa shape index (κ3) is 2.07. The Morgan fingerprint density at radius 1 is 0.909 bits per heavy atom. The van der Waals surface area contributed by atoms with Crippen molar-refractivity contribution in [3.05, 3.63) is 83.7 Å². The van der Waals surface area contributed by atoms with Crippen molar-refractivity contribution in [3.8, 4) is 16.9 Å². The highest BCUT2D eigenvalue weighted by Crippen LogP contribution is 2.41. The normalized spacial score (nSPS) is 11.6. The molecule has 0 bridgehead atoms. The fraction of sp³-hybridized carbons (Fsp3) is 0.0526. The molecule has 3 heteroatoms. The number of hydrogen-bond donors (Lipinski definition) is 0. The van der Waals surface area contributed by atoms with Gasteiger partial charge < -0.3 is 4.74 Å². The summed E-state index contributed by atoms with van der Waals surface area (Å²) >= 11 is 0. The van der Waals surface area contributed by atoms with Gasteiger partial charge in [0.25, 0.3) is 0 Å². The van der Waals surface area contributed by atoms with Crippen molar-refractivity contribution in [2.75, 3.05) is 0 Å². The highest BCUT2D eigenvalue weighted by molar-refractivity contribution is 5.91. The van der Waals surface area contributed by atoms with E-state index in [1.165, 1.54) is 11.1 Å². The molecular formula is C19H13NO2. The van der Waals surface area contributed by atoms with Crippen molar-refractivity contribution in [2.45, 2.75) is 6.42 Å². The van der Waals surface area contributed by atoms with Crippen molar-refractivity contribution in [1.29, 1.82) is 0 Å². The number of esters is 1. The molecule has 3 aromatic rings. The molecular weight excluding hydrogens is 274 g/mol. The summed E-state index contributed by atoms with van der Waals surface area (Å²) in [6.07, 6.45) is 3.97.